The fourth-order valence-corrected chi connectivity index (χ4v) is 5.33. The molecule has 2 amide bonds. The Labute approximate surface area is 179 Å². The van der Waals surface area contributed by atoms with E-state index in [0.29, 0.717) is 21.2 Å². The lowest BCUT2D eigenvalue weighted by Crippen LogP contribution is -2.51. The van der Waals surface area contributed by atoms with E-state index >= 15 is 0 Å². The van der Waals surface area contributed by atoms with Crippen LogP contribution >= 0.6 is 23.2 Å². The maximum Gasteiger partial charge on any atom is 0.251 e. The topological polar surface area (TPSA) is 92.3 Å². The average molecular weight is 455 g/mol. The molecule has 154 valence electrons. The van der Waals surface area contributed by atoms with Crippen LogP contribution < -0.4 is 10.6 Å². The van der Waals surface area contributed by atoms with Crippen molar-refractivity contribution in [1.29, 1.82) is 0 Å². The highest BCUT2D eigenvalue weighted by Crippen LogP contribution is 2.20. The van der Waals surface area contributed by atoms with Gasteiger partial charge in [-0.3, -0.25) is 9.59 Å². The number of nitrogens with one attached hydrogen (secondary N) is 2. The third kappa shape index (κ3) is 5.10. The van der Waals surface area contributed by atoms with Crippen LogP contribution in [0.25, 0.3) is 0 Å². The predicted molar refractivity (Wildman–Crippen MR) is 114 cm³/mol. The predicted octanol–water partition coefficient (Wildman–Crippen LogP) is 2.94. The van der Waals surface area contributed by atoms with Crippen LogP contribution in [0.3, 0.4) is 0 Å². The molecule has 6 nitrogen and oxygen atoms in total. The van der Waals surface area contributed by atoms with Crippen molar-refractivity contribution in [1.82, 2.24) is 10.6 Å². The number of hydrogen-bond acceptors (Lipinski definition) is 4. The van der Waals surface area contributed by atoms with Crippen LogP contribution in [0.2, 0.25) is 10.0 Å². The Balaban J connectivity index is 1.76. The van der Waals surface area contributed by atoms with E-state index < -0.39 is 33.7 Å². The van der Waals surface area contributed by atoms with Crippen molar-refractivity contribution in [2.45, 2.75) is 25.9 Å². The average Bonchev–Trinajstić information content (AvgIpc) is 2.92. The molecule has 2 N–H and O–H groups in total. The molecule has 29 heavy (non-hydrogen) atoms. The standard InChI is InChI=1S/C20H20Cl2N2O4S/c1-11-3-5-13(7-15(11)21)19(25)23-17-9-29(27,28)10-18(17)24-20(26)14-6-4-12(2)16(22)8-14/h3-8,17-18H,9-10H2,1-2H3,(H,23,25)(H,24,26)/t17-,18-/m0/s1. The lowest BCUT2D eigenvalue weighted by atomic mass is 10.1. The van der Waals surface area contributed by atoms with Gasteiger partial charge in [0.05, 0.1) is 23.6 Å². The SMILES string of the molecule is Cc1ccc(C(=O)N[C@H]2CS(=O)(=O)C[C@@H]2NC(=O)c2ccc(C)c(Cl)c2)cc1Cl. The molecule has 2 atom stereocenters. The molecule has 3 rings (SSSR count). The minimum atomic E-state index is -3.41. The van der Waals surface area contributed by atoms with Crippen molar-refractivity contribution in [2.75, 3.05) is 11.5 Å². The van der Waals surface area contributed by atoms with Gasteiger partial charge in [-0.2, -0.15) is 0 Å². The van der Waals surface area contributed by atoms with E-state index in [4.69, 9.17) is 23.2 Å². The van der Waals surface area contributed by atoms with Crippen LogP contribution in [0.1, 0.15) is 31.8 Å². The summed E-state index contributed by atoms with van der Waals surface area (Å²) in [5, 5.41) is 6.30. The molecule has 0 spiro atoms. The maximum absolute atomic E-state index is 12.6. The van der Waals surface area contributed by atoms with Crippen LogP contribution in [0.4, 0.5) is 0 Å². The first kappa shape index (κ1) is 21.6. The van der Waals surface area contributed by atoms with Gasteiger partial charge in [-0.15, -0.1) is 0 Å². The Morgan fingerprint density at radius 1 is 0.828 bits per heavy atom. The Kier molecular flexibility index (Phi) is 6.22. The van der Waals surface area contributed by atoms with E-state index in [1.807, 2.05) is 13.8 Å². The highest BCUT2D eigenvalue weighted by molar-refractivity contribution is 7.91. The number of carbonyl (C=O) groups is 2. The Hall–Kier alpha value is -2.09. The fraction of sp³-hybridized carbons (Fsp3) is 0.300. The second-order valence-corrected chi connectivity index (χ2v) is 10.1. The third-order valence-corrected chi connectivity index (χ3v) is 7.40. The molecule has 0 aromatic heterocycles. The van der Waals surface area contributed by atoms with Gasteiger partial charge in [0.15, 0.2) is 9.84 Å². The summed E-state index contributed by atoms with van der Waals surface area (Å²) in [4.78, 5) is 25.1. The number of amides is 2. The Bertz CT molecular complexity index is 1010. The summed E-state index contributed by atoms with van der Waals surface area (Å²) in [6.45, 7) is 3.63. The lowest BCUT2D eigenvalue weighted by molar-refractivity contribution is 0.0896. The summed E-state index contributed by atoms with van der Waals surface area (Å²) in [5.74, 6) is -1.41. The van der Waals surface area contributed by atoms with Gasteiger partial charge in [0.1, 0.15) is 0 Å². The van der Waals surface area contributed by atoms with Crippen molar-refractivity contribution in [3.05, 3.63) is 68.7 Å². The Morgan fingerprint density at radius 3 is 1.55 bits per heavy atom. The molecule has 1 aliphatic heterocycles. The summed E-state index contributed by atoms with van der Waals surface area (Å²) in [6, 6.07) is 8.19. The van der Waals surface area contributed by atoms with Crippen molar-refractivity contribution in [3.8, 4) is 0 Å². The molecule has 1 fully saturated rings. The molecule has 9 heteroatoms. The van der Waals surface area contributed by atoms with Gasteiger partial charge in [-0.1, -0.05) is 35.3 Å². The minimum absolute atomic E-state index is 0.252. The van der Waals surface area contributed by atoms with Gasteiger partial charge >= 0.3 is 0 Å². The number of rotatable bonds is 4. The van der Waals surface area contributed by atoms with Crippen LogP contribution in [0, 0.1) is 13.8 Å². The van der Waals surface area contributed by atoms with Crippen molar-refractivity contribution in [2.24, 2.45) is 0 Å². The summed E-state index contributed by atoms with van der Waals surface area (Å²) < 4.78 is 24.3. The smallest absolute Gasteiger partial charge is 0.251 e. The molecule has 2 aromatic carbocycles. The normalized spacial score (nSPS) is 20.3. The first-order valence-electron chi connectivity index (χ1n) is 8.90. The zero-order valence-corrected chi connectivity index (χ0v) is 18.2. The van der Waals surface area contributed by atoms with E-state index in [9.17, 15) is 18.0 Å². The minimum Gasteiger partial charge on any atom is -0.346 e. The molecular formula is C20H20Cl2N2O4S. The third-order valence-electron chi connectivity index (χ3n) is 4.85. The zero-order chi connectivity index (χ0) is 21.3. The first-order chi connectivity index (χ1) is 13.6. The molecule has 0 aliphatic carbocycles. The molecule has 0 saturated carbocycles. The Morgan fingerprint density at radius 2 is 1.21 bits per heavy atom. The number of sulfone groups is 1. The van der Waals surface area contributed by atoms with Gasteiger partial charge in [-0.05, 0) is 49.2 Å². The molecule has 1 heterocycles. The highest BCUT2D eigenvalue weighted by atomic mass is 35.5. The van der Waals surface area contributed by atoms with E-state index in [-0.39, 0.29) is 11.5 Å². The largest absolute Gasteiger partial charge is 0.346 e. The molecule has 1 saturated heterocycles. The second kappa shape index (κ2) is 8.34. The molecular weight excluding hydrogens is 435 g/mol. The van der Waals surface area contributed by atoms with Gasteiger partial charge < -0.3 is 10.6 Å². The number of benzene rings is 2. The van der Waals surface area contributed by atoms with Crippen LogP contribution in [0.5, 0.6) is 0 Å². The van der Waals surface area contributed by atoms with Crippen molar-refractivity contribution < 1.29 is 18.0 Å². The lowest BCUT2D eigenvalue weighted by Gasteiger charge is -2.21. The van der Waals surface area contributed by atoms with Gasteiger partial charge in [0.25, 0.3) is 11.8 Å². The summed E-state index contributed by atoms with van der Waals surface area (Å²) in [6.07, 6.45) is 0. The van der Waals surface area contributed by atoms with Gasteiger partial charge in [-0.25, -0.2) is 8.42 Å². The number of hydrogen-bond donors (Lipinski definition) is 2. The molecule has 0 bridgehead atoms. The van der Waals surface area contributed by atoms with E-state index in [0.717, 1.165) is 11.1 Å². The van der Waals surface area contributed by atoms with Gasteiger partial charge in [0, 0.05) is 21.2 Å². The van der Waals surface area contributed by atoms with Crippen LogP contribution in [-0.2, 0) is 9.84 Å². The number of aryl methyl sites for hydroxylation is 2. The molecule has 1 aliphatic rings. The van der Waals surface area contributed by atoms with Crippen LogP contribution in [0.15, 0.2) is 36.4 Å². The van der Waals surface area contributed by atoms with E-state index in [1.165, 1.54) is 12.1 Å². The maximum atomic E-state index is 12.6. The number of carbonyl (C=O) groups excluding carboxylic acids is 2. The van der Waals surface area contributed by atoms with Gasteiger partial charge in [0.2, 0.25) is 0 Å². The molecule has 0 unspecified atom stereocenters. The van der Waals surface area contributed by atoms with E-state index in [1.54, 1.807) is 24.3 Å². The second-order valence-electron chi connectivity index (χ2n) is 7.16. The fourth-order valence-electron chi connectivity index (χ4n) is 3.10. The number of halogens is 2. The molecule has 2 aromatic rings. The van der Waals surface area contributed by atoms with Crippen LogP contribution in [-0.4, -0.2) is 43.8 Å². The quantitative estimate of drug-likeness (QED) is 0.742. The van der Waals surface area contributed by atoms with E-state index in [2.05, 4.69) is 10.6 Å². The summed E-state index contributed by atoms with van der Waals surface area (Å²) >= 11 is 12.1. The monoisotopic (exact) mass is 454 g/mol. The van der Waals surface area contributed by atoms with Crippen molar-refractivity contribution in [3.63, 3.8) is 0 Å². The summed E-state index contributed by atoms with van der Waals surface area (Å²) in [5.41, 5.74) is 2.29. The zero-order valence-electron chi connectivity index (χ0n) is 15.8. The van der Waals surface area contributed by atoms with Crippen molar-refractivity contribution >= 4 is 44.9 Å². The highest BCUT2D eigenvalue weighted by Gasteiger charge is 2.39. The summed E-state index contributed by atoms with van der Waals surface area (Å²) in [7, 11) is -3.41. The molecule has 0 radical (unpaired) electrons. The first-order valence-corrected chi connectivity index (χ1v) is 11.5.